The molecule has 1 aromatic rings. The quantitative estimate of drug-likeness (QED) is 0.720. The molecule has 1 saturated heterocycles. The molecule has 1 aliphatic heterocycles. The molecule has 2 aliphatic rings. The van der Waals surface area contributed by atoms with Gasteiger partial charge in [-0.15, -0.1) is 0 Å². The van der Waals surface area contributed by atoms with Crippen LogP contribution in [0.2, 0.25) is 0 Å². The van der Waals surface area contributed by atoms with E-state index in [0.29, 0.717) is 0 Å². The highest BCUT2D eigenvalue weighted by molar-refractivity contribution is 5.77. The summed E-state index contributed by atoms with van der Waals surface area (Å²) in [7, 11) is 0. The predicted molar refractivity (Wildman–Crippen MR) is 106 cm³/mol. The topological polar surface area (TPSA) is 41.6 Å². The molecular formula is C22H34N2O2. The third-order valence-corrected chi connectivity index (χ3v) is 5.85. The summed E-state index contributed by atoms with van der Waals surface area (Å²) < 4.78 is 5.69. The molecule has 3 rings (SSSR count). The number of fused-ring (bicyclic) bond motifs is 1. The predicted octanol–water partition coefficient (Wildman–Crippen LogP) is 3.72. The minimum Gasteiger partial charge on any atom is -0.484 e. The van der Waals surface area contributed by atoms with Crippen LogP contribution in [0.5, 0.6) is 5.75 Å². The van der Waals surface area contributed by atoms with E-state index in [4.69, 9.17) is 4.74 Å². The minimum absolute atomic E-state index is 0.0200. The Labute approximate surface area is 158 Å². The summed E-state index contributed by atoms with van der Waals surface area (Å²) in [6, 6.07) is 7.01. The van der Waals surface area contributed by atoms with Crippen LogP contribution in [0.25, 0.3) is 0 Å². The fraction of sp³-hybridized carbons (Fsp3) is 0.682. The van der Waals surface area contributed by atoms with Gasteiger partial charge in [-0.3, -0.25) is 4.79 Å². The highest BCUT2D eigenvalue weighted by Crippen LogP contribution is 2.25. The number of nitrogens with zero attached hydrogens (tertiary/aromatic N) is 1. The van der Waals surface area contributed by atoms with Crippen LogP contribution in [-0.2, 0) is 17.6 Å². The van der Waals surface area contributed by atoms with Crippen LogP contribution in [0, 0.1) is 0 Å². The molecule has 4 nitrogen and oxygen atoms in total. The van der Waals surface area contributed by atoms with Crippen molar-refractivity contribution in [1.29, 1.82) is 0 Å². The third-order valence-electron chi connectivity index (χ3n) is 5.85. The number of benzene rings is 1. The average molecular weight is 359 g/mol. The van der Waals surface area contributed by atoms with E-state index in [1.807, 2.05) is 6.07 Å². The zero-order valence-corrected chi connectivity index (χ0v) is 16.3. The second-order valence-electron chi connectivity index (χ2n) is 7.72. The van der Waals surface area contributed by atoms with Gasteiger partial charge < -0.3 is 15.0 Å². The number of aryl methyl sites for hydroxylation is 2. The van der Waals surface area contributed by atoms with Crippen LogP contribution in [0.4, 0.5) is 0 Å². The van der Waals surface area contributed by atoms with Gasteiger partial charge >= 0.3 is 0 Å². The maximum atomic E-state index is 12.0. The first-order valence-corrected chi connectivity index (χ1v) is 10.5. The van der Waals surface area contributed by atoms with Crippen LogP contribution in [0.3, 0.4) is 0 Å². The summed E-state index contributed by atoms with van der Waals surface area (Å²) in [4.78, 5) is 14.6. The molecule has 4 heteroatoms. The van der Waals surface area contributed by atoms with E-state index in [2.05, 4.69) is 29.3 Å². The molecule has 0 unspecified atom stereocenters. The van der Waals surface area contributed by atoms with Crippen molar-refractivity contribution in [3.63, 3.8) is 0 Å². The smallest absolute Gasteiger partial charge is 0.257 e. The van der Waals surface area contributed by atoms with Crippen molar-refractivity contribution >= 4 is 5.91 Å². The molecule has 1 amide bonds. The molecule has 1 N–H and O–H groups in total. The number of likely N-dealkylation sites (tertiary alicyclic amines) is 1. The number of piperidine rings is 1. The van der Waals surface area contributed by atoms with Crippen molar-refractivity contribution in [2.24, 2.45) is 0 Å². The van der Waals surface area contributed by atoms with Crippen molar-refractivity contribution < 1.29 is 9.53 Å². The van der Waals surface area contributed by atoms with Crippen LogP contribution in [0.15, 0.2) is 18.2 Å². The van der Waals surface area contributed by atoms with Gasteiger partial charge in [0.25, 0.3) is 5.91 Å². The monoisotopic (exact) mass is 358 g/mol. The van der Waals surface area contributed by atoms with Crippen LogP contribution < -0.4 is 10.1 Å². The number of hydrogen-bond donors (Lipinski definition) is 1. The number of amides is 1. The summed E-state index contributed by atoms with van der Waals surface area (Å²) >= 11 is 0. The van der Waals surface area contributed by atoms with Crippen LogP contribution >= 0.6 is 0 Å². The SMILES string of the molecule is CC[C@H]1CCCCN1CCCNC(=O)COc1ccc2c(c1)CCCC2. The number of carbonyl (C=O) groups is 1. The first-order valence-electron chi connectivity index (χ1n) is 10.5. The van der Waals surface area contributed by atoms with Crippen molar-refractivity contribution in [2.75, 3.05) is 26.2 Å². The van der Waals surface area contributed by atoms with Crippen LogP contribution in [-0.4, -0.2) is 43.1 Å². The first-order chi connectivity index (χ1) is 12.8. The van der Waals surface area contributed by atoms with Gasteiger partial charge in [-0.2, -0.15) is 0 Å². The molecule has 1 aromatic carbocycles. The molecule has 0 radical (unpaired) electrons. The Morgan fingerprint density at radius 1 is 1.19 bits per heavy atom. The van der Waals surface area contributed by atoms with Gasteiger partial charge in [-0.05, 0) is 81.2 Å². The highest BCUT2D eigenvalue weighted by atomic mass is 16.5. The molecule has 1 atom stereocenters. The van der Waals surface area contributed by atoms with E-state index >= 15 is 0 Å². The highest BCUT2D eigenvalue weighted by Gasteiger charge is 2.19. The standard InChI is InChI=1S/C22H34N2O2/c1-2-20-10-5-6-14-24(20)15-7-13-23-22(25)17-26-21-12-11-18-8-3-4-9-19(18)16-21/h11-12,16,20H,2-10,13-15,17H2,1H3,(H,23,25)/t20-/m0/s1. The zero-order chi connectivity index (χ0) is 18.2. The van der Waals surface area contributed by atoms with Gasteiger partial charge in [0, 0.05) is 19.1 Å². The fourth-order valence-electron chi connectivity index (χ4n) is 4.33. The molecule has 0 spiro atoms. The van der Waals surface area contributed by atoms with Gasteiger partial charge in [-0.25, -0.2) is 0 Å². The molecule has 1 heterocycles. The molecule has 0 saturated carbocycles. The van der Waals surface area contributed by atoms with Gasteiger partial charge in [-0.1, -0.05) is 19.4 Å². The maximum Gasteiger partial charge on any atom is 0.257 e. The largest absolute Gasteiger partial charge is 0.484 e. The number of nitrogens with one attached hydrogen (secondary N) is 1. The average Bonchev–Trinajstić information content (AvgIpc) is 2.69. The van der Waals surface area contributed by atoms with E-state index in [9.17, 15) is 4.79 Å². The lowest BCUT2D eigenvalue weighted by atomic mass is 9.92. The van der Waals surface area contributed by atoms with Gasteiger partial charge in [0.15, 0.2) is 6.61 Å². The summed E-state index contributed by atoms with van der Waals surface area (Å²) in [5, 5.41) is 3.00. The summed E-state index contributed by atoms with van der Waals surface area (Å²) in [6.45, 7) is 5.43. The van der Waals surface area contributed by atoms with Gasteiger partial charge in [0.05, 0.1) is 0 Å². The van der Waals surface area contributed by atoms with Gasteiger partial charge in [0.1, 0.15) is 5.75 Å². The second-order valence-corrected chi connectivity index (χ2v) is 7.72. The van der Waals surface area contributed by atoms with Crippen molar-refractivity contribution in [3.8, 4) is 5.75 Å². The Bertz CT molecular complexity index is 588. The summed E-state index contributed by atoms with van der Waals surface area (Å²) in [6.07, 6.45) is 11.1. The lowest BCUT2D eigenvalue weighted by molar-refractivity contribution is -0.123. The fourth-order valence-corrected chi connectivity index (χ4v) is 4.33. The van der Waals surface area contributed by atoms with Gasteiger partial charge in [0.2, 0.25) is 0 Å². The lowest BCUT2D eigenvalue weighted by Crippen LogP contribution is -2.41. The van der Waals surface area contributed by atoms with E-state index < -0.39 is 0 Å². The second kappa shape index (κ2) is 9.96. The number of ether oxygens (including phenoxy) is 1. The zero-order valence-electron chi connectivity index (χ0n) is 16.3. The molecule has 1 aliphatic carbocycles. The number of hydrogen-bond acceptors (Lipinski definition) is 3. The Hall–Kier alpha value is -1.55. The third kappa shape index (κ3) is 5.47. The molecule has 1 fully saturated rings. The van der Waals surface area contributed by atoms with Crippen molar-refractivity contribution in [1.82, 2.24) is 10.2 Å². The van der Waals surface area contributed by atoms with Crippen LogP contribution in [0.1, 0.15) is 63.0 Å². The summed E-state index contributed by atoms with van der Waals surface area (Å²) in [5.74, 6) is 0.799. The van der Waals surface area contributed by atoms with E-state index in [-0.39, 0.29) is 12.5 Å². The van der Waals surface area contributed by atoms with E-state index in [1.165, 1.54) is 62.6 Å². The molecule has 0 bridgehead atoms. The molecule has 26 heavy (non-hydrogen) atoms. The van der Waals surface area contributed by atoms with E-state index in [0.717, 1.165) is 37.7 Å². The molecule has 144 valence electrons. The molecular weight excluding hydrogens is 324 g/mol. The number of rotatable bonds is 8. The lowest BCUT2D eigenvalue weighted by Gasteiger charge is -2.35. The Morgan fingerprint density at radius 2 is 2.04 bits per heavy atom. The maximum absolute atomic E-state index is 12.0. The Morgan fingerprint density at radius 3 is 2.88 bits per heavy atom. The van der Waals surface area contributed by atoms with Crippen molar-refractivity contribution in [2.45, 2.75) is 70.8 Å². The number of carbonyl (C=O) groups excluding carboxylic acids is 1. The Kier molecular flexibility index (Phi) is 7.36. The minimum atomic E-state index is -0.0200. The summed E-state index contributed by atoms with van der Waals surface area (Å²) in [5.41, 5.74) is 2.83. The van der Waals surface area contributed by atoms with Crippen molar-refractivity contribution in [3.05, 3.63) is 29.3 Å². The molecule has 0 aromatic heterocycles. The normalized spacial score (nSPS) is 20.4. The first kappa shape index (κ1) is 19.2. The Balaban J connectivity index is 1.33. The van der Waals surface area contributed by atoms with E-state index in [1.54, 1.807) is 0 Å².